The highest BCUT2D eigenvalue weighted by atomic mass is 127. The van der Waals surface area contributed by atoms with Crippen molar-refractivity contribution in [3.63, 3.8) is 0 Å². The molecule has 0 fully saturated rings. The van der Waals surface area contributed by atoms with E-state index in [1.165, 1.54) is 0 Å². The average Bonchev–Trinajstić information content (AvgIpc) is 2.45. The molecule has 0 bridgehead atoms. The summed E-state index contributed by atoms with van der Waals surface area (Å²) in [5.41, 5.74) is 1.49. The molecule has 1 aromatic rings. The maximum absolute atomic E-state index is 12.3. The van der Waals surface area contributed by atoms with E-state index in [2.05, 4.69) is 29.5 Å². The molecule has 0 amide bonds. The lowest BCUT2D eigenvalue weighted by Gasteiger charge is -2.16. The van der Waals surface area contributed by atoms with Crippen molar-refractivity contribution in [2.75, 3.05) is 20.2 Å². The van der Waals surface area contributed by atoms with Crippen molar-refractivity contribution in [3.05, 3.63) is 29.3 Å². The molecule has 0 aliphatic carbocycles. The predicted octanol–water partition coefficient (Wildman–Crippen LogP) is 3.88. The number of hydrogen-bond acceptors (Lipinski definition) is 2. The topological polar surface area (TPSA) is 45.7 Å². The Kier molecular flexibility index (Phi) is 10.1. The van der Waals surface area contributed by atoms with Gasteiger partial charge in [-0.1, -0.05) is 26.0 Å². The molecule has 0 aliphatic rings. The van der Waals surface area contributed by atoms with E-state index in [1.54, 1.807) is 26.1 Å². The van der Waals surface area contributed by atoms with Gasteiger partial charge < -0.3 is 15.4 Å². The second-order valence-corrected chi connectivity index (χ2v) is 5.72. The van der Waals surface area contributed by atoms with Crippen molar-refractivity contribution in [2.45, 2.75) is 33.5 Å². The van der Waals surface area contributed by atoms with Crippen molar-refractivity contribution < 1.29 is 17.9 Å². The Labute approximate surface area is 158 Å². The first-order valence-electron chi connectivity index (χ1n) is 7.45. The van der Waals surface area contributed by atoms with Gasteiger partial charge in [0.15, 0.2) is 12.6 Å². The number of aryl methyl sites for hydroxylation is 1. The van der Waals surface area contributed by atoms with Gasteiger partial charge in [0, 0.05) is 25.7 Å². The van der Waals surface area contributed by atoms with Crippen molar-refractivity contribution in [3.8, 4) is 5.75 Å². The number of alkyl halides is 3. The van der Waals surface area contributed by atoms with Crippen LogP contribution in [-0.2, 0) is 6.54 Å². The Morgan fingerprint density at radius 3 is 2.46 bits per heavy atom. The minimum atomic E-state index is -4.36. The molecular formula is C16H25F3IN3O. The summed E-state index contributed by atoms with van der Waals surface area (Å²) < 4.78 is 42.0. The minimum absolute atomic E-state index is 0. The molecule has 1 rings (SSSR count). The molecule has 8 heteroatoms. The lowest BCUT2D eigenvalue weighted by atomic mass is 10.1. The van der Waals surface area contributed by atoms with Gasteiger partial charge in [-0.15, -0.1) is 24.0 Å². The zero-order valence-corrected chi connectivity index (χ0v) is 16.7. The fraction of sp³-hybridized carbons (Fsp3) is 0.562. The van der Waals surface area contributed by atoms with Crippen LogP contribution >= 0.6 is 24.0 Å². The van der Waals surface area contributed by atoms with Crippen LogP contribution in [0.15, 0.2) is 23.2 Å². The zero-order chi connectivity index (χ0) is 17.5. The largest absolute Gasteiger partial charge is 0.484 e. The summed E-state index contributed by atoms with van der Waals surface area (Å²) >= 11 is 0. The van der Waals surface area contributed by atoms with E-state index in [0.29, 0.717) is 24.0 Å². The van der Waals surface area contributed by atoms with Crippen LogP contribution in [0.2, 0.25) is 0 Å². The van der Waals surface area contributed by atoms with Gasteiger partial charge >= 0.3 is 6.18 Å². The Morgan fingerprint density at radius 2 is 1.92 bits per heavy atom. The number of rotatable bonds is 6. The molecule has 0 spiro atoms. The Bertz CT molecular complexity index is 534. The molecule has 0 heterocycles. The van der Waals surface area contributed by atoms with E-state index in [-0.39, 0.29) is 29.7 Å². The van der Waals surface area contributed by atoms with E-state index < -0.39 is 12.8 Å². The van der Waals surface area contributed by atoms with Crippen LogP contribution in [0.4, 0.5) is 13.2 Å². The van der Waals surface area contributed by atoms with Crippen LogP contribution < -0.4 is 15.4 Å². The standard InChI is InChI=1S/C16H24F3N3O.HI/c1-11(2)8-21-15(20-4)22-9-13-6-5-12(3)7-14(13)23-10-16(17,18)19;/h5-7,11H,8-10H2,1-4H3,(H2,20,21,22);1H. The lowest BCUT2D eigenvalue weighted by Crippen LogP contribution is -2.38. The third-order valence-electron chi connectivity index (χ3n) is 2.96. The van der Waals surface area contributed by atoms with Gasteiger partial charge in [0.25, 0.3) is 0 Å². The monoisotopic (exact) mass is 459 g/mol. The van der Waals surface area contributed by atoms with E-state index in [4.69, 9.17) is 4.74 Å². The summed E-state index contributed by atoms with van der Waals surface area (Å²) in [5.74, 6) is 1.29. The molecule has 138 valence electrons. The van der Waals surface area contributed by atoms with Crippen molar-refractivity contribution in [1.82, 2.24) is 10.6 Å². The van der Waals surface area contributed by atoms with E-state index in [1.807, 2.05) is 6.07 Å². The smallest absolute Gasteiger partial charge is 0.422 e. The fourth-order valence-electron chi connectivity index (χ4n) is 1.80. The van der Waals surface area contributed by atoms with Crippen LogP contribution in [0.5, 0.6) is 5.75 Å². The SMILES string of the molecule is CN=C(NCc1ccc(C)cc1OCC(F)(F)F)NCC(C)C.I. The van der Waals surface area contributed by atoms with Crippen molar-refractivity contribution >= 4 is 29.9 Å². The van der Waals surface area contributed by atoms with Crippen LogP contribution in [-0.4, -0.2) is 32.3 Å². The highest BCUT2D eigenvalue weighted by molar-refractivity contribution is 14.0. The molecule has 0 aromatic heterocycles. The summed E-state index contributed by atoms with van der Waals surface area (Å²) in [4.78, 5) is 4.08. The quantitative estimate of drug-likeness (QED) is 0.386. The molecule has 1 aromatic carbocycles. The van der Waals surface area contributed by atoms with Crippen molar-refractivity contribution in [1.29, 1.82) is 0 Å². The molecule has 0 aliphatic heterocycles. The van der Waals surface area contributed by atoms with Gasteiger partial charge in [-0.25, -0.2) is 0 Å². The van der Waals surface area contributed by atoms with Gasteiger partial charge in [0.05, 0.1) is 0 Å². The Morgan fingerprint density at radius 1 is 1.25 bits per heavy atom. The first-order chi connectivity index (χ1) is 10.7. The predicted molar refractivity (Wildman–Crippen MR) is 101 cm³/mol. The van der Waals surface area contributed by atoms with E-state index in [0.717, 1.165) is 12.1 Å². The molecule has 0 unspecified atom stereocenters. The number of nitrogens with zero attached hydrogens (tertiary/aromatic N) is 1. The highest BCUT2D eigenvalue weighted by Gasteiger charge is 2.28. The number of benzene rings is 1. The fourth-order valence-corrected chi connectivity index (χ4v) is 1.80. The van der Waals surface area contributed by atoms with E-state index >= 15 is 0 Å². The van der Waals surface area contributed by atoms with Crippen molar-refractivity contribution in [2.24, 2.45) is 10.9 Å². The molecule has 2 N–H and O–H groups in total. The number of aliphatic imine (C=N–C) groups is 1. The van der Waals surface area contributed by atoms with Crippen LogP contribution in [0.25, 0.3) is 0 Å². The summed E-state index contributed by atoms with van der Waals surface area (Å²) in [6, 6.07) is 5.19. The van der Waals surface area contributed by atoms with Crippen LogP contribution in [0.1, 0.15) is 25.0 Å². The number of hydrogen-bond donors (Lipinski definition) is 2. The lowest BCUT2D eigenvalue weighted by molar-refractivity contribution is -0.153. The first kappa shape index (κ1) is 22.8. The number of ether oxygens (including phenoxy) is 1. The normalized spacial score (nSPS) is 11.9. The summed E-state index contributed by atoms with van der Waals surface area (Å²) in [6.45, 7) is 5.73. The second kappa shape index (κ2) is 10.6. The van der Waals surface area contributed by atoms with Gasteiger partial charge in [-0.2, -0.15) is 13.2 Å². The van der Waals surface area contributed by atoms with Gasteiger partial charge in [-0.3, -0.25) is 4.99 Å². The third-order valence-corrected chi connectivity index (χ3v) is 2.96. The summed E-state index contributed by atoms with van der Waals surface area (Å²) in [5, 5.41) is 6.22. The number of guanidine groups is 1. The van der Waals surface area contributed by atoms with Gasteiger partial charge in [0.2, 0.25) is 0 Å². The summed E-state index contributed by atoms with van der Waals surface area (Å²) in [7, 11) is 1.64. The maximum atomic E-state index is 12.3. The van der Waals surface area contributed by atoms with Crippen LogP contribution in [0.3, 0.4) is 0 Å². The average molecular weight is 459 g/mol. The molecular weight excluding hydrogens is 434 g/mol. The van der Waals surface area contributed by atoms with Gasteiger partial charge in [0.1, 0.15) is 5.75 Å². The Balaban J connectivity index is 0.00000529. The minimum Gasteiger partial charge on any atom is -0.484 e. The van der Waals surface area contributed by atoms with Crippen LogP contribution in [0, 0.1) is 12.8 Å². The highest BCUT2D eigenvalue weighted by Crippen LogP contribution is 2.23. The molecule has 4 nitrogen and oxygen atoms in total. The summed E-state index contributed by atoms with van der Waals surface area (Å²) in [6.07, 6.45) is -4.36. The number of nitrogens with one attached hydrogen (secondary N) is 2. The number of halogens is 4. The molecule has 0 saturated heterocycles. The zero-order valence-electron chi connectivity index (χ0n) is 14.3. The Hall–Kier alpha value is -1.19. The molecule has 24 heavy (non-hydrogen) atoms. The van der Waals surface area contributed by atoms with E-state index in [9.17, 15) is 13.2 Å². The first-order valence-corrected chi connectivity index (χ1v) is 7.45. The molecule has 0 saturated carbocycles. The molecule has 0 atom stereocenters. The molecule has 0 radical (unpaired) electrons. The maximum Gasteiger partial charge on any atom is 0.422 e. The van der Waals surface area contributed by atoms with Gasteiger partial charge in [-0.05, 0) is 24.5 Å². The second-order valence-electron chi connectivity index (χ2n) is 5.72. The third kappa shape index (κ3) is 9.19.